The molecular weight excluding hydrogens is 356 g/mol. The molecule has 144 valence electrons. The summed E-state index contributed by atoms with van der Waals surface area (Å²) >= 11 is 0. The molecule has 0 saturated heterocycles. The number of nitrogens with one attached hydrogen (secondary N) is 1. The minimum absolute atomic E-state index is 0.0273. The summed E-state index contributed by atoms with van der Waals surface area (Å²) in [4.78, 5) is 24.6. The first-order valence-corrected chi connectivity index (χ1v) is 8.45. The maximum Gasteiger partial charge on any atom is 0.387 e. The first kappa shape index (κ1) is 20.4. The van der Waals surface area contributed by atoms with E-state index in [9.17, 15) is 18.4 Å². The number of ether oxygens (including phenoxy) is 2. The second-order valence-electron chi connectivity index (χ2n) is 6.08. The minimum atomic E-state index is -2.93. The SMILES string of the molecule is CC(C)OC(=O)CC(NC(=O)c1ccc(OC(F)F)cc1)c1ccccc1. The molecule has 0 aromatic heterocycles. The van der Waals surface area contributed by atoms with E-state index in [1.54, 1.807) is 38.1 Å². The molecule has 0 aliphatic carbocycles. The molecule has 0 heterocycles. The first-order valence-electron chi connectivity index (χ1n) is 8.45. The zero-order valence-electron chi connectivity index (χ0n) is 15.0. The van der Waals surface area contributed by atoms with Gasteiger partial charge in [-0.25, -0.2) is 0 Å². The molecule has 0 fully saturated rings. The molecule has 1 unspecified atom stereocenters. The summed E-state index contributed by atoms with van der Waals surface area (Å²) in [6, 6.07) is 13.8. The molecular formula is C20H21F2NO4. The van der Waals surface area contributed by atoms with E-state index in [0.717, 1.165) is 5.56 Å². The first-order chi connectivity index (χ1) is 12.8. The Morgan fingerprint density at radius 3 is 2.19 bits per heavy atom. The normalized spacial score (nSPS) is 11.9. The second-order valence-corrected chi connectivity index (χ2v) is 6.08. The molecule has 0 saturated carbocycles. The standard InChI is InChI=1S/C20H21F2NO4/c1-13(2)26-18(24)12-17(14-6-4-3-5-7-14)23-19(25)15-8-10-16(11-9-15)27-20(21)22/h3-11,13,17,20H,12H2,1-2H3,(H,23,25). The summed E-state index contributed by atoms with van der Waals surface area (Å²) in [6.07, 6.45) is -0.285. The molecule has 1 atom stereocenters. The fraction of sp³-hybridized carbons (Fsp3) is 0.300. The van der Waals surface area contributed by atoms with Crippen molar-refractivity contribution in [1.82, 2.24) is 5.32 Å². The lowest BCUT2D eigenvalue weighted by Gasteiger charge is -2.19. The summed E-state index contributed by atoms with van der Waals surface area (Å²) in [5.41, 5.74) is 1.01. The van der Waals surface area contributed by atoms with Crippen LogP contribution in [0.2, 0.25) is 0 Å². The van der Waals surface area contributed by atoms with E-state index < -0.39 is 24.5 Å². The Hall–Kier alpha value is -2.96. The maximum absolute atomic E-state index is 12.5. The van der Waals surface area contributed by atoms with E-state index in [1.165, 1.54) is 24.3 Å². The van der Waals surface area contributed by atoms with E-state index in [0.29, 0.717) is 0 Å². The third-order valence-corrected chi connectivity index (χ3v) is 3.59. The van der Waals surface area contributed by atoms with Gasteiger partial charge in [-0.15, -0.1) is 0 Å². The van der Waals surface area contributed by atoms with Crippen LogP contribution >= 0.6 is 0 Å². The second kappa shape index (κ2) is 9.66. The fourth-order valence-corrected chi connectivity index (χ4v) is 2.44. The third kappa shape index (κ3) is 6.69. The average Bonchev–Trinajstić information content (AvgIpc) is 2.61. The Bertz CT molecular complexity index is 748. The molecule has 2 aromatic rings. The van der Waals surface area contributed by atoms with Crippen LogP contribution < -0.4 is 10.1 Å². The van der Waals surface area contributed by atoms with E-state index in [2.05, 4.69) is 10.1 Å². The smallest absolute Gasteiger partial charge is 0.387 e. The van der Waals surface area contributed by atoms with Crippen molar-refractivity contribution in [1.29, 1.82) is 0 Å². The van der Waals surface area contributed by atoms with Crippen molar-refractivity contribution in [3.05, 3.63) is 65.7 Å². The van der Waals surface area contributed by atoms with Gasteiger partial charge in [0.05, 0.1) is 18.6 Å². The topological polar surface area (TPSA) is 64.6 Å². The summed E-state index contributed by atoms with van der Waals surface area (Å²) in [7, 11) is 0. The number of esters is 1. The number of hydrogen-bond donors (Lipinski definition) is 1. The van der Waals surface area contributed by atoms with Crippen molar-refractivity contribution in [3.63, 3.8) is 0 Å². The lowest BCUT2D eigenvalue weighted by Crippen LogP contribution is -2.31. The Kier molecular flexibility index (Phi) is 7.28. The Balaban J connectivity index is 2.11. The van der Waals surface area contributed by atoms with Gasteiger partial charge in [0.25, 0.3) is 5.91 Å². The van der Waals surface area contributed by atoms with Crippen LogP contribution in [0.4, 0.5) is 8.78 Å². The van der Waals surface area contributed by atoms with Crippen molar-refractivity contribution in [2.24, 2.45) is 0 Å². The van der Waals surface area contributed by atoms with Gasteiger partial charge in [0, 0.05) is 5.56 Å². The highest BCUT2D eigenvalue weighted by Crippen LogP contribution is 2.20. The van der Waals surface area contributed by atoms with E-state index in [4.69, 9.17) is 4.74 Å². The number of rotatable bonds is 8. The van der Waals surface area contributed by atoms with Crippen LogP contribution in [0.15, 0.2) is 54.6 Å². The van der Waals surface area contributed by atoms with Crippen molar-refractivity contribution >= 4 is 11.9 Å². The van der Waals surface area contributed by atoms with Crippen LogP contribution in [0, 0.1) is 0 Å². The van der Waals surface area contributed by atoms with E-state index in [1.807, 2.05) is 6.07 Å². The van der Waals surface area contributed by atoms with Gasteiger partial charge in [0.1, 0.15) is 5.75 Å². The van der Waals surface area contributed by atoms with Gasteiger partial charge in [0.15, 0.2) is 0 Å². The Morgan fingerprint density at radius 2 is 1.63 bits per heavy atom. The van der Waals surface area contributed by atoms with Gasteiger partial charge in [-0.1, -0.05) is 30.3 Å². The number of carbonyl (C=O) groups excluding carboxylic acids is 2. The molecule has 0 spiro atoms. The predicted molar refractivity (Wildman–Crippen MR) is 95.6 cm³/mol. The Morgan fingerprint density at radius 1 is 1.00 bits per heavy atom. The predicted octanol–water partition coefficient (Wildman–Crippen LogP) is 4.10. The highest BCUT2D eigenvalue weighted by atomic mass is 19.3. The molecule has 0 radical (unpaired) electrons. The number of hydrogen-bond acceptors (Lipinski definition) is 4. The zero-order valence-corrected chi connectivity index (χ0v) is 15.0. The van der Waals surface area contributed by atoms with Crippen LogP contribution in [0.5, 0.6) is 5.75 Å². The minimum Gasteiger partial charge on any atom is -0.463 e. The summed E-state index contributed by atoms with van der Waals surface area (Å²) < 4.78 is 33.8. The highest BCUT2D eigenvalue weighted by molar-refractivity contribution is 5.94. The molecule has 1 N–H and O–H groups in total. The highest BCUT2D eigenvalue weighted by Gasteiger charge is 2.20. The number of carbonyl (C=O) groups is 2. The monoisotopic (exact) mass is 377 g/mol. The van der Waals surface area contributed by atoms with Crippen LogP contribution in [0.25, 0.3) is 0 Å². The molecule has 27 heavy (non-hydrogen) atoms. The van der Waals surface area contributed by atoms with Crippen molar-refractivity contribution in [2.45, 2.75) is 39.0 Å². The van der Waals surface area contributed by atoms with Gasteiger partial charge in [0.2, 0.25) is 0 Å². The van der Waals surface area contributed by atoms with Crippen LogP contribution in [0.3, 0.4) is 0 Å². The number of halogens is 2. The van der Waals surface area contributed by atoms with Crippen molar-refractivity contribution in [2.75, 3.05) is 0 Å². The number of benzene rings is 2. The van der Waals surface area contributed by atoms with Crippen LogP contribution in [-0.4, -0.2) is 24.6 Å². The number of amides is 1. The van der Waals surface area contributed by atoms with E-state index in [-0.39, 0.29) is 23.8 Å². The molecule has 0 aliphatic heterocycles. The molecule has 7 heteroatoms. The van der Waals surface area contributed by atoms with Gasteiger partial charge in [-0.3, -0.25) is 9.59 Å². The molecule has 5 nitrogen and oxygen atoms in total. The van der Waals surface area contributed by atoms with Crippen molar-refractivity contribution in [3.8, 4) is 5.75 Å². The van der Waals surface area contributed by atoms with Gasteiger partial charge in [-0.05, 0) is 43.7 Å². The molecule has 2 rings (SSSR count). The van der Waals surface area contributed by atoms with Crippen LogP contribution in [-0.2, 0) is 9.53 Å². The third-order valence-electron chi connectivity index (χ3n) is 3.59. The van der Waals surface area contributed by atoms with Gasteiger partial charge in [-0.2, -0.15) is 8.78 Å². The lowest BCUT2D eigenvalue weighted by atomic mass is 10.0. The molecule has 1 amide bonds. The van der Waals surface area contributed by atoms with Gasteiger partial charge < -0.3 is 14.8 Å². The number of alkyl halides is 2. The van der Waals surface area contributed by atoms with Gasteiger partial charge >= 0.3 is 12.6 Å². The van der Waals surface area contributed by atoms with E-state index >= 15 is 0 Å². The van der Waals surface area contributed by atoms with Crippen molar-refractivity contribution < 1.29 is 27.8 Å². The molecule has 0 aliphatic rings. The Labute approximate surface area is 156 Å². The molecule has 2 aromatic carbocycles. The lowest BCUT2D eigenvalue weighted by molar-refractivity contribution is -0.147. The van der Waals surface area contributed by atoms with Crippen LogP contribution in [0.1, 0.15) is 42.2 Å². The fourth-order valence-electron chi connectivity index (χ4n) is 2.44. The zero-order chi connectivity index (χ0) is 19.8. The maximum atomic E-state index is 12.5. The molecule has 0 bridgehead atoms. The summed E-state index contributed by atoms with van der Waals surface area (Å²) in [6.45, 7) is 0.563. The average molecular weight is 377 g/mol. The summed E-state index contributed by atoms with van der Waals surface area (Å²) in [5.74, 6) is -0.911. The largest absolute Gasteiger partial charge is 0.463 e. The quantitative estimate of drug-likeness (QED) is 0.704. The summed E-state index contributed by atoms with van der Waals surface area (Å²) in [5, 5.41) is 2.79.